The van der Waals surface area contributed by atoms with Gasteiger partial charge in [-0.2, -0.15) is 0 Å². The first-order chi connectivity index (χ1) is 13.9. The lowest BCUT2D eigenvalue weighted by atomic mass is 10.2. The highest BCUT2D eigenvalue weighted by molar-refractivity contribution is 5.91. The van der Waals surface area contributed by atoms with Crippen LogP contribution in [-0.4, -0.2) is 15.0 Å². The van der Waals surface area contributed by atoms with Crippen molar-refractivity contribution in [3.63, 3.8) is 0 Å². The number of fused-ring (bicyclic) bond motifs is 1. The molecule has 0 aliphatic carbocycles. The third-order valence-corrected chi connectivity index (χ3v) is 4.87. The fourth-order valence-corrected chi connectivity index (χ4v) is 3.26. The molecule has 0 unspecified atom stereocenters. The molecule has 152 valence electrons. The van der Waals surface area contributed by atoms with Crippen molar-refractivity contribution < 1.29 is 9.18 Å². The van der Waals surface area contributed by atoms with Gasteiger partial charge in [0.25, 0.3) is 5.56 Å². The number of carbonyl (C=O) groups is 1. The minimum Gasteiger partial charge on any atom is -0.324 e. The van der Waals surface area contributed by atoms with Gasteiger partial charge in [-0.3, -0.25) is 18.7 Å². The molecule has 29 heavy (non-hydrogen) atoms. The smallest absolute Gasteiger partial charge is 0.324 e. The van der Waals surface area contributed by atoms with Gasteiger partial charge in [0.15, 0.2) is 0 Å². The number of hydrogen-bond donors (Lipinski definition) is 1. The van der Waals surface area contributed by atoms with E-state index in [9.17, 15) is 18.8 Å². The average Bonchev–Trinajstić information content (AvgIpc) is 2.70. The standard InChI is InChI=1S/C22H24FN3O3/c1-3-4-7-12-25-21(28)17-8-5-6-9-19(17)26(22(25)29)14-20(27)24-16-11-10-15(2)18(23)13-16/h5-6,8-11,13H,3-4,7,12,14H2,1-2H3,(H,24,27). The van der Waals surface area contributed by atoms with Gasteiger partial charge in [0.1, 0.15) is 12.4 Å². The molecule has 3 rings (SSSR count). The van der Waals surface area contributed by atoms with Crippen LogP contribution in [0.4, 0.5) is 10.1 Å². The molecular weight excluding hydrogens is 373 g/mol. The summed E-state index contributed by atoms with van der Waals surface area (Å²) in [7, 11) is 0. The van der Waals surface area contributed by atoms with E-state index in [-0.39, 0.29) is 12.1 Å². The van der Waals surface area contributed by atoms with Crippen LogP contribution < -0.4 is 16.6 Å². The van der Waals surface area contributed by atoms with Gasteiger partial charge in [-0.1, -0.05) is 38.0 Å². The highest BCUT2D eigenvalue weighted by atomic mass is 19.1. The van der Waals surface area contributed by atoms with Crippen molar-refractivity contribution in [1.29, 1.82) is 0 Å². The van der Waals surface area contributed by atoms with Gasteiger partial charge in [0.2, 0.25) is 5.91 Å². The van der Waals surface area contributed by atoms with Crippen LogP contribution in [0.3, 0.4) is 0 Å². The Morgan fingerprint density at radius 2 is 1.83 bits per heavy atom. The van der Waals surface area contributed by atoms with Gasteiger partial charge in [0.05, 0.1) is 10.9 Å². The lowest BCUT2D eigenvalue weighted by molar-refractivity contribution is -0.116. The first-order valence-corrected chi connectivity index (χ1v) is 9.70. The van der Waals surface area contributed by atoms with Gasteiger partial charge in [-0.05, 0) is 43.2 Å². The van der Waals surface area contributed by atoms with E-state index in [4.69, 9.17) is 0 Å². The van der Waals surface area contributed by atoms with Crippen LogP contribution in [-0.2, 0) is 17.9 Å². The molecule has 1 aromatic heterocycles. The van der Waals surface area contributed by atoms with Crippen molar-refractivity contribution in [2.75, 3.05) is 5.32 Å². The zero-order chi connectivity index (χ0) is 21.0. The van der Waals surface area contributed by atoms with Crippen LogP contribution in [0.5, 0.6) is 0 Å². The first-order valence-electron chi connectivity index (χ1n) is 9.70. The molecular formula is C22H24FN3O3. The number of para-hydroxylation sites is 1. The molecule has 1 N–H and O–H groups in total. The fourth-order valence-electron chi connectivity index (χ4n) is 3.26. The van der Waals surface area contributed by atoms with E-state index >= 15 is 0 Å². The molecule has 0 bridgehead atoms. The quantitative estimate of drug-likeness (QED) is 0.621. The fraction of sp³-hybridized carbons (Fsp3) is 0.318. The minimum absolute atomic E-state index is 0.275. The molecule has 1 amide bonds. The van der Waals surface area contributed by atoms with E-state index in [1.54, 1.807) is 43.3 Å². The first kappa shape index (κ1) is 20.5. The molecule has 1 heterocycles. The minimum atomic E-state index is -0.518. The number of benzene rings is 2. The zero-order valence-corrected chi connectivity index (χ0v) is 16.6. The number of amides is 1. The SMILES string of the molecule is CCCCCn1c(=O)c2ccccc2n(CC(=O)Nc2ccc(C)c(F)c2)c1=O. The molecule has 0 radical (unpaired) electrons. The molecule has 0 aliphatic heterocycles. The van der Waals surface area contributed by atoms with Gasteiger partial charge in [-0.15, -0.1) is 0 Å². The van der Waals surface area contributed by atoms with E-state index in [0.717, 1.165) is 12.8 Å². The Morgan fingerprint density at radius 1 is 1.07 bits per heavy atom. The summed E-state index contributed by atoms with van der Waals surface area (Å²) < 4.78 is 16.2. The lowest BCUT2D eigenvalue weighted by Gasteiger charge is -2.14. The maximum absolute atomic E-state index is 13.7. The van der Waals surface area contributed by atoms with E-state index in [0.29, 0.717) is 35.1 Å². The molecule has 0 saturated carbocycles. The molecule has 0 aliphatic rings. The zero-order valence-electron chi connectivity index (χ0n) is 16.6. The normalized spacial score (nSPS) is 11.0. The van der Waals surface area contributed by atoms with Crippen LogP contribution in [0.2, 0.25) is 0 Å². The summed E-state index contributed by atoms with van der Waals surface area (Å²) in [6, 6.07) is 11.1. The molecule has 0 saturated heterocycles. The Labute approximate surface area is 167 Å². The van der Waals surface area contributed by atoms with Crippen molar-refractivity contribution in [2.45, 2.75) is 46.2 Å². The number of halogens is 1. The Morgan fingerprint density at radius 3 is 2.55 bits per heavy atom. The van der Waals surface area contributed by atoms with Crippen molar-refractivity contribution in [2.24, 2.45) is 0 Å². The van der Waals surface area contributed by atoms with Crippen molar-refractivity contribution in [1.82, 2.24) is 9.13 Å². The summed E-state index contributed by atoms with van der Waals surface area (Å²) in [6.07, 6.45) is 2.57. The van der Waals surface area contributed by atoms with Gasteiger partial charge in [-0.25, -0.2) is 9.18 Å². The molecule has 6 nitrogen and oxygen atoms in total. The molecule has 2 aromatic carbocycles. The number of anilines is 1. The van der Waals surface area contributed by atoms with Crippen LogP contribution in [0.1, 0.15) is 31.7 Å². The molecule has 0 spiro atoms. The number of aromatic nitrogens is 2. The third kappa shape index (κ3) is 4.45. The second-order valence-electron chi connectivity index (χ2n) is 7.06. The van der Waals surface area contributed by atoms with Crippen molar-refractivity contribution >= 4 is 22.5 Å². The topological polar surface area (TPSA) is 73.1 Å². The Kier molecular flexibility index (Phi) is 6.26. The number of carbonyl (C=O) groups excluding carboxylic acids is 1. The number of unbranched alkanes of at least 4 members (excludes halogenated alkanes) is 2. The number of aryl methyl sites for hydroxylation is 1. The van der Waals surface area contributed by atoms with Gasteiger partial charge in [0, 0.05) is 12.2 Å². The highest BCUT2D eigenvalue weighted by Gasteiger charge is 2.15. The van der Waals surface area contributed by atoms with Crippen LogP contribution in [0, 0.1) is 12.7 Å². The summed E-state index contributed by atoms with van der Waals surface area (Å²) in [5, 5.41) is 3.00. The highest BCUT2D eigenvalue weighted by Crippen LogP contribution is 2.14. The van der Waals surface area contributed by atoms with E-state index < -0.39 is 17.4 Å². The summed E-state index contributed by atoms with van der Waals surface area (Å²) in [4.78, 5) is 38.3. The van der Waals surface area contributed by atoms with Gasteiger partial charge >= 0.3 is 5.69 Å². The van der Waals surface area contributed by atoms with E-state index in [1.165, 1.54) is 15.2 Å². The van der Waals surface area contributed by atoms with Crippen LogP contribution in [0.15, 0.2) is 52.1 Å². The third-order valence-electron chi connectivity index (χ3n) is 4.87. The van der Waals surface area contributed by atoms with Gasteiger partial charge < -0.3 is 5.32 Å². The Hall–Kier alpha value is -3.22. The predicted octanol–water partition coefficient (Wildman–Crippen LogP) is 3.44. The Bertz CT molecular complexity index is 1160. The van der Waals surface area contributed by atoms with Crippen molar-refractivity contribution in [3.05, 3.63) is 74.7 Å². The molecule has 3 aromatic rings. The predicted molar refractivity (Wildman–Crippen MR) is 112 cm³/mol. The summed E-state index contributed by atoms with van der Waals surface area (Å²) in [6.45, 7) is 3.71. The second-order valence-corrected chi connectivity index (χ2v) is 7.06. The Balaban J connectivity index is 1.96. The van der Waals surface area contributed by atoms with E-state index in [1.807, 2.05) is 6.92 Å². The molecule has 0 atom stereocenters. The monoisotopic (exact) mass is 397 g/mol. The van der Waals surface area contributed by atoms with Crippen LogP contribution in [0.25, 0.3) is 10.9 Å². The number of rotatable bonds is 7. The van der Waals surface area contributed by atoms with Crippen molar-refractivity contribution in [3.8, 4) is 0 Å². The number of nitrogens with one attached hydrogen (secondary N) is 1. The van der Waals surface area contributed by atoms with E-state index in [2.05, 4.69) is 5.32 Å². The summed E-state index contributed by atoms with van der Waals surface area (Å²) in [5.41, 5.74) is 0.324. The largest absolute Gasteiger partial charge is 0.331 e. The number of nitrogens with zero attached hydrogens (tertiary/aromatic N) is 2. The summed E-state index contributed by atoms with van der Waals surface area (Å²) >= 11 is 0. The average molecular weight is 397 g/mol. The maximum Gasteiger partial charge on any atom is 0.331 e. The summed E-state index contributed by atoms with van der Waals surface area (Å²) in [5.74, 6) is -0.894. The molecule has 7 heteroatoms. The molecule has 0 fully saturated rings. The lowest BCUT2D eigenvalue weighted by Crippen LogP contribution is -2.41. The maximum atomic E-state index is 13.7. The van der Waals surface area contributed by atoms with Crippen LogP contribution >= 0.6 is 0 Å². The second kappa shape index (κ2) is 8.86. The number of hydrogen-bond acceptors (Lipinski definition) is 3.